The molecule has 0 bridgehead atoms. The monoisotopic (exact) mass is 350 g/mol. The summed E-state index contributed by atoms with van der Waals surface area (Å²) in [6, 6.07) is 16.7. The maximum Gasteiger partial charge on any atom is 0.123 e. The molecule has 0 N–H and O–H groups in total. The first-order chi connectivity index (χ1) is 12.6. The number of aryl methyl sites for hydroxylation is 2. The standard InChI is InChI=1S/C23H27FN2/c1-16-14-22-23(17(2)25(16)3)20-15-19(24)11-12-21(20)26(22)13-7-10-18-8-5-4-6-9-18/h4-6,8-9,11-12,15-17H,7,10,13-14H2,1-3H3. The van der Waals surface area contributed by atoms with E-state index in [-0.39, 0.29) is 5.82 Å². The van der Waals surface area contributed by atoms with Crippen molar-refractivity contribution in [3.05, 3.63) is 71.2 Å². The van der Waals surface area contributed by atoms with Crippen LogP contribution in [0.1, 0.15) is 43.1 Å². The molecule has 3 heteroatoms. The van der Waals surface area contributed by atoms with Gasteiger partial charge in [-0.25, -0.2) is 4.39 Å². The Hall–Kier alpha value is -2.13. The van der Waals surface area contributed by atoms with E-state index in [1.165, 1.54) is 22.3 Å². The molecule has 1 aromatic heterocycles. The molecular weight excluding hydrogens is 323 g/mol. The zero-order valence-corrected chi connectivity index (χ0v) is 15.9. The number of halogens is 1. The van der Waals surface area contributed by atoms with E-state index in [0.717, 1.165) is 31.2 Å². The van der Waals surface area contributed by atoms with Gasteiger partial charge in [-0.3, -0.25) is 4.90 Å². The van der Waals surface area contributed by atoms with E-state index < -0.39 is 0 Å². The van der Waals surface area contributed by atoms with Crippen molar-refractivity contribution in [2.45, 2.75) is 51.7 Å². The highest BCUT2D eigenvalue weighted by atomic mass is 19.1. The molecule has 2 heterocycles. The first-order valence-corrected chi connectivity index (χ1v) is 9.62. The molecule has 2 aromatic carbocycles. The third kappa shape index (κ3) is 2.95. The van der Waals surface area contributed by atoms with E-state index in [9.17, 15) is 4.39 Å². The van der Waals surface area contributed by atoms with Crippen molar-refractivity contribution in [2.24, 2.45) is 0 Å². The van der Waals surface area contributed by atoms with Gasteiger partial charge in [0, 0.05) is 41.6 Å². The zero-order valence-electron chi connectivity index (χ0n) is 15.9. The molecule has 2 nitrogen and oxygen atoms in total. The Kier molecular flexibility index (Phi) is 4.58. The highest BCUT2D eigenvalue weighted by molar-refractivity contribution is 5.86. The van der Waals surface area contributed by atoms with Crippen LogP contribution in [0.2, 0.25) is 0 Å². The Morgan fingerprint density at radius 3 is 2.62 bits per heavy atom. The van der Waals surface area contributed by atoms with Crippen LogP contribution in [0.5, 0.6) is 0 Å². The van der Waals surface area contributed by atoms with E-state index in [1.807, 2.05) is 6.07 Å². The number of rotatable bonds is 4. The van der Waals surface area contributed by atoms with Crippen LogP contribution >= 0.6 is 0 Å². The molecule has 0 amide bonds. The highest BCUT2D eigenvalue weighted by Crippen LogP contribution is 2.39. The summed E-state index contributed by atoms with van der Waals surface area (Å²) in [6.07, 6.45) is 3.19. The number of hydrogen-bond donors (Lipinski definition) is 0. The second-order valence-electron chi connectivity index (χ2n) is 7.66. The van der Waals surface area contributed by atoms with Crippen molar-refractivity contribution in [3.63, 3.8) is 0 Å². The molecule has 0 saturated carbocycles. The van der Waals surface area contributed by atoms with Gasteiger partial charge < -0.3 is 4.57 Å². The molecule has 0 aliphatic carbocycles. The minimum absolute atomic E-state index is 0.143. The molecule has 136 valence electrons. The molecule has 0 spiro atoms. The minimum Gasteiger partial charge on any atom is -0.344 e. The lowest BCUT2D eigenvalue weighted by Crippen LogP contribution is -2.38. The Balaban J connectivity index is 1.71. The Labute approximate surface area is 155 Å². The SMILES string of the molecule is CC1Cc2c(c3cc(F)ccc3n2CCCc2ccccc2)C(C)N1C. The lowest BCUT2D eigenvalue weighted by atomic mass is 9.93. The molecular formula is C23H27FN2. The molecule has 26 heavy (non-hydrogen) atoms. The van der Waals surface area contributed by atoms with Crippen molar-refractivity contribution in [3.8, 4) is 0 Å². The van der Waals surface area contributed by atoms with Gasteiger partial charge >= 0.3 is 0 Å². The number of aromatic nitrogens is 1. The fourth-order valence-electron chi connectivity index (χ4n) is 4.44. The van der Waals surface area contributed by atoms with Crippen LogP contribution in [0.25, 0.3) is 10.9 Å². The van der Waals surface area contributed by atoms with Gasteiger partial charge in [0.1, 0.15) is 5.82 Å². The number of benzene rings is 2. The molecule has 0 radical (unpaired) electrons. The number of likely N-dealkylation sites (N-methyl/N-ethyl adjacent to an activating group) is 1. The molecule has 2 unspecified atom stereocenters. The average molecular weight is 350 g/mol. The smallest absolute Gasteiger partial charge is 0.123 e. The van der Waals surface area contributed by atoms with Crippen LogP contribution in [0.15, 0.2) is 48.5 Å². The molecule has 3 aromatic rings. The summed E-state index contributed by atoms with van der Waals surface area (Å²) in [6.45, 7) is 5.51. The Morgan fingerprint density at radius 1 is 1.08 bits per heavy atom. The van der Waals surface area contributed by atoms with E-state index in [2.05, 4.69) is 60.7 Å². The molecule has 1 aliphatic heterocycles. The highest BCUT2D eigenvalue weighted by Gasteiger charge is 2.31. The fourth-order valence-corrected chi connectivity index (χ4v) is 4.44. The molecule has 0 saturated heterocycles. The third-order valence-corrected chi connectivity index (χ3v) is 6.08. The molecule has 2 atom stereocenters. The van der Waals surface area contributed by atoms with Crippen LogP contribution < -0.4 is 0 Å². The average Bonchev–Trinajstić information content (AvgIpc) is 2.93. The van der Waals surface area contributed by atoms with Crippen LogP contribution in [0, 0.1) is 5.82 Å². The summed E-state index contributed by atoms with van der Waals surface area (Å²) in [5.41, 5.74) is 5.28. The predicted molar refractivity (Wildman–Crippen MR) is 106 cm³/mol. The van der Waals surface area contributed by atoms with Crippen LogP contribution in [0.3, 0.4) is 0 Å². The van der Waals surface area contributed by atoms with Gasteiger partial charge in [-0.05, 0) is 63.1 Å². The van der Waals surface area contributed by atoms with Crippen molar-refractivity contribution >= 4 is 10.9 Å². The van der Waals surface area contributed by atoms with Crippen molar-refractivity contribution in [1.29, 1.82) is 0 Å². The summed E-state index contributed by atoms with van der Waals surface area (Å²) in [5, 5.41) is 1.09. The van der Waals surface area contributed by atoms with E-state index in [1.54, 1.807) is 12.1 Å². The van der Waals surface area contributed by atoms with E-state index in [4.69, 9.17) is 0 Å². The van der Waals surface area contributed by atoms with Gasteiger partial charge in [0.2, 0.25) is 0 Å². The normalized spacial score (nSPS) is 20.5. The molecule has 0 fully saturated rings. The molecule has 1 aliphatic rings. The second-order valence-corrected chi connectivity index (χ2v) is 7.66. The van der Waals surface area contributed by atoms with Gasteiger partial charge in [-0.1, -0.05) is 30.3 Å². The quantitative estimate of drug-likeness (QED) is 0.616. The topological polar surface area (TPSA) is 8.17 Å². The Morgan fingerprint density at radius 2 is 1.85 bits per heavy atom. The summed E-state index contributed by atoms with van der Waals surface area (Å²) < 4.78 is 16.4. The van der Waals surface area contributed by atoms with Gasteiger partial charge in [0.05, 0.1) is 0 Å². The third-order valence-electron chi connectivity index (χ3n) is 6.08. The van der Waals surface area contributed by atoms with Crippen LogP contribution in [-0.4, -0.2) is 22.6 Å². The first kappa shape index (κ1) is 17.3. The fraction of sp³-hybridized carbons (Fsp3) is 0.391. The lowest BCUT2D eigenvalue weighted by Gasteiger charge is -2.36. The van der Waals surface area contributed by atoms with Crippen LogP contribution in [-0.2, 0) is 19.4 Å². The summed E-state index contributed by atoms with van der Waals surface area (Å²) in [4.78, 5) is 2.40. The summed E-state index contributed by atoms with van der Waals surface area (Å²) in [5.74, 6) is -0.143. The van der Waals surface area contributed by atoms with Crippen LogP contribution in [0.4, 0.5) is 4.39 Å². The summed E-state index contributed by atoms with van der Waals surface area (Å²) in [7, 11) is 2.18. The van der Waals surface area contributed by atoms with Gasteiger partial charge in [0.25, 0.3) is 0 Å². The largest absolute Gasteiger partial charge is 0.344 e. The van der Waals surface area contributed by atoms with Gasteiger partial charge in [-0.2, -0.15) is 0 Å². The maximum absolute atomic E-state index is 14.0. The van der Waals surface area contributed by atoms with Crippen molar-refractivity contribution < 1.29 is 4.39 Å². The van der Waals surface area contributed by atoms with Crippen molar-refractivity contribution in [1.82, 2.24) is 9.47 Å². The number of hydrogen-bond acceptors (Lipinski definition) is 1. The number of fused-ring (bicyclic) bond motifs is 3. The maximum atomic E-state index is 14.0. The number of nitrogens with zero attached hydrogens (tertiary/aromatic N) is 2. The lowest BCUT2D eigenvalue weighted by molar-refractivity contribution is 0.177. The predicted octanol–water partition coefficient (Wildman–Crippen LogP) is 5.35. The van der Waals surface area contributed by atoms with Gasteiger partial charge in [-0.15, -0.1) is 0 Å². The minimum atomic E-state index is -0.143. The summed E-state index contributed by atoms with van der Waals surface area (Å²) >= 11 is 0. The van der Waals surface area contributed by atoms with Gasteiger partial charge in [0.15, 0.2) is 0 Å². The second kappa shape index (κ2) is 6.88. The molecule has 4 rings (SSSR count). The van der Waals surface area contributed by atoms with E-state index >= 15 is 0 Å². The van der Waals surface area contributed by atoms with Crippen molar-refractivity contribution in [2.75, 3.05) is 7.05 Å². The first-order valence-electron chi connectivity index (χ1n) is 9.62. The Bertz CT molecular complexity index is 913. The zero-order chi connectivity index (χ0) is 18.3. The van der Waals surface area contributed by atoms with E-state index in [0.29, 0.717) is 12.1 Å².